The van der Waals surface area contributed by atoms with Crippen LogP contribution in [-0.2, 0) is 4.79 Å². The van der Waals surface area contributed by atoms with Gasteiger partial charge in [0.15, 0.2) is 5.15 Å². The SMILES string of the molecule is O=C(CCC1CCCCN1)Nc1cc(Br)cnc1Cl. The second-order valence-electron chi connectivity index (χ2n) is 4.73. The number of carbonyl (C=O) groups excluding carboxylic acids is 1. The average molecular weight is 347 g/mol. The normalized spacial score (nSPS) is 19.2. The van der Waals surface area contributed by atoms with Crippen molar-refractivity contribution in [1.82, 2.24) is 10.3 Å². The van der Waals surface area contributed by atoms with Gasteiger partial charge < -0.3 is 10.6 Å². The summed E-state index contributed by atoms with van der Waals surface area (Å²) in [4.78, 5) is 15.9. The van der Waals surface area contributed by atoms with Gasteiger partial charge in [0.05, 0.1) is 5.69 Å². The van der Waals surface area contributed by atoms with Crippen molar-refractivity contribution in [1.29, 1.82) is 0 Å². The number of rotatable bonds is 4. The van der Waals surface area contributed by atoms with Gasteiger partial charge in [-0.2, -0.15) is 0 Å². The summed E-state index contributed by atoms with van der Waals surface area (Å²) in [5.41, 5.74) is 0.553. The Morgan fingerprint density at radius 3 is 3.16 bits per heavy atom. The molecule has 104 valence electrons. The highest BCUT2D eigenvalue weighted by Crippen LogP contribution is 2.23. The fourth-order valence-corrected chi connectivity index (χ4v) is 2.68. The molecular weight excluding hydrogens is 330 g/mol. The molecule has 1 saturated heterocycles. The van der Waals surface area contributed by atoms with Crippen LogP contribution in [0.5, 0.6) is 0 Å². The number of hydrogen-bond donors (Lipinski definition) is 2. The number of halogens is 2. The molecule has 2 heterocycles. The van der Waals surface area contributed by atoms with E-state index < -0.39 is 0 Å². The summed E-state index contributed by atoms with van der Waals surface area (Å²) in [7, 11) is 0. The molecule has 19 heavy (non-hydrogen) atoms. The third-order valence-corrected chi connectivity index (χ3v) is 3.95. The molecule has 1 amide bonds. The molecule has 1 atom stereocenters. The van der Waals surface area contributed by atoms with E-state index >= 15 is 0 Å². The number of nitrogens with zero attached hydrogens (tertiary/aromatic N) is 1. The first-order valence-electron chi connectivity index (χ1n) is 6.49. The molecule has 1 aliphatic rings. The summed E-state index contributed by atoms with van der Waals surface area (Å²) >= 11 is 9.24. The van der Waals surface area contributed by atoms with Crippen LogP contribution in [0.15, 0.2) is 16.7 Å². The highest BCUT2D eigenvalue weighted by atomic mass is 79.9. The standard InChI is InChI=1S/C13H17BrClN3O/c14-9-7-11(13(15)17-8-9)18-12(19)5-4-10-3-1-2-6-16-10/h7-8,10,16H,1-6H2,(H,18,19). The van der Waals surface area contributed by atoms with Crippen LogP contribution in [0, 0.1) is 0 Å². The highest BCUT2D eigenvalue weighted by Gasteiger charge is 2.14. The van der Waals surface area contributed by atoms with Crippen LogP contribution >= 0.6 is 27.5 Å². The first-order chi connectivity index (χ1) is 9.15. The van der Waals surface area contributed by atoms with Crippen LogP contribution < -0.4 is 10.6 Å². The maximum Gasteiger partial charge on any atom is 0.224 e. The zero-order chi connectivity index (χ0) is 13.7. The topological polar surface area (TPSA) is 54.0 Å². The second-order valence-corrected chi connectivity index (χ2v) is 6.00. The molecule has 1 aromatic rings. The van der Waals surface area contributed by atoms with E-state index in [1.54, 1.807) is 12.3 Å². The van der Waals surface area contributed by atoms with Gasteiger partial charge in [0.25, 0.3) is 0 Å². The maximum atomic E-state index is 11.9. The van der Waals surface area contributed by atoms with Gasteiger partial charge in [-0.3, -0.25) is 4.79 Å². The molecule has 1 aromatic heterocycles. The Morgan fingerprint density at radius 1 is 1.58 bits per heavy atom. The molecule has 1 fully saturated rings. The van der Waals surface area contributed by atoms with Gasteiger partial charge in [-0.25, -0.2) is 4.98 Å². The van der Waals surface area contributed by atoms with E-state index in [0.29, 0.717) is 23.3 Å². The fraction of sp³-hybridized carbons (Fsp3) is 0.538. The second kappa shape index (κ2) is 7.22. The van der Waals surface area contributed by atoms with Gasteiger partial charge in [-0.1, -0.05) is 18.0 Å². The summed E-state index contributed by atoms with van der Waals surface area (Å²) in [6.45, 7) is 1.06. The molecule has 6 heteroatoms. The number of hydrogen-bond acceptors (Lipinski definition) is 3. The summed E-state index contributed by atoms with van der Waals surface area (Å²) in [5, 5.41) is 6.54. The van der Waals surface area contributed by atoms with Crippen LogP contribution in [0.1, 0.15) is 32.1 Å². The highest BCUT2D eigenvalue weighted by molar-refractivity contribution is 9.10. The Labute approximate surface area is 126 Å². The predicted molar refractivity (Wildman–Crippen MR) is 80.5 cm³/mol. The minimum Gasteiger partial charge on any atom is -0.323 e. The van der Waals surface area contributed by atoms with E-state index in [1.807, 2.05) is 0 Å². The largest absolute Gasteiger partial charge is 0.323 e. The number of anilines is 1. The number of amides is 1. The molecule has 0 radical (unpaired) electrons. The molecule has 4 nitrogen and oxygen atoms in total. The van der Waals surface area contributed by atoms with Gasteiger partial charge in [0.1, 0.15) is 0 Å². The number of piperidine rings is 1. The van der Waals surface area contributed by atoms with Crippen molar-refractivity contribution in [3.05, 3.63) is 21.9 Å². The number of pyridine rings is 1. The quantitative estimate of drug-likeness (QED) is 0.822. The maximum absolute atomic E-state index is 11.9. The molecule has 0 aromatic carbocycles. The van der Waals surface area contributed by atoms with Crippen molar-refractivity contribution in [3.63, 3.8) is 0 Å². The van der Waals surface area contributed by atoms with Crippen molar-refractivity contribution in [2.45, 2.75) is 38.1 Å². The molecule has 0 spiro atoms. The van der Waals surface area contributed by atoms with Crippen LogP contribution in [0.3, 0.4) is 0 Å². The third kappa shape index (κ3) is 4.75. The predicted octanol–water partition coefficient (Wildman–Crippen LogP) is 3.36. The van der Waals surface area contributed by atoms with Gasteiger partial charge in [-0.15, -0.1) is 0 Å². The van der Waals surface area contributed by atoms with Gasteiger partial charge in [-0.05, 0) is 47.8 Å². The zero-order valence-corrected chi connectivity index (χ0v) is 12.9. The van der Waals surface area contributed by atoms with Crippen molar-refractivity contribution >= 4 is 39.1 Å². The van der Waals surface area contributed by atoms with Gasteiger partial charge in [0.2, 0.25) is 5.91 Å². The molecule has 0 saturated carbocycles. The van der Waals surface area contributed by atoms with E-state index in [0.717, 1.165) is 23.9 Å². The molecule has 0 bridgehead atoms. The lowest BCUT2D eigenvalue weighted by Crippen LogP contribution is -2.34. The summed E-state index contributed by atoms with van der Waals surface area (Å²) in [6, 6.07) is 2.22. The summed E-state index contributed by atoms with van der Waals surface area (Å²) < 4.78 is 0.793. The minimum atomic E-state index is -0.0193. The molecule has 2 N–H and O–H groups in total. The lowest BCUT2D eigenvalue weighted by atomic mass is 10.0. The first kappa shape index (κ1) is 14.8. The molecule has 2 rings (SSSR count). The lowest BCUT2D eigenvalue weighted by Gasteiger charge is -2.23. The van der Waals surface area contributed by atoms with Crippen molar-refractivity contribution < 1.29 is 4.79 Å². The Bertz CT molecular complexity index is 450. The summed E-state index contributed by atoms with van der Waals surface area (Å²) in [5.74, 6) is -0.0193. The fourth-order valence-electron chi connectivity index (χ4n) is 2.20. The summed E-state index contributed by atoms with van der Waals surface area (Å²) in [6.07, 6.45) is 6.62. The van der Waals surface area contributed by atoms with Gasteiger partial charge in [0, 0.05) is 23.1 Å². The van der Waals surface area contributed by atoms with Crippen LogP contribution in [0.2, 0.25) is 5.15 Å². The molecule has 1 unspecified atom stereocenters. The monoisotopic (exact) mass is 345 g/mol. The van der Waals surface area contributed by atoms with Crippen molar-refractivity contribution in [2.75, 3.05) is 11.9 Å². The Morgan fingerprint density at radius 2 is 2.42 bits per heavy atom. The lowest BCUT2D eigenvalue weighted by molar-refractivity contribution is -0.116. The van der Waals surface area contributed by atoms with E-state index in [4.69, 9.17) is 11.6 Å². The van der Waals surface area contributed by atoms with Gasteiger partial charge >= 0.3 is 0 Å². The molecular formula is C13H17BrClN3O. The molecule has 1 aliphatic heterocycles. The van der Waals surface area contributed by atoms with Crippen LogP contribution in [0.25, 0.3) is 0 Å². The van der Waals surface area contributed by atoms with Crippen molar-refractivity contribution in [2.24, 2.45) is 0 Å². The minimum absolute atomic E-state index is 0.0193. The van der Waals surface area contributed by atoms with Crippen LogP contribution in [-0.4, -0.2) is 23.5 Å². The average Bonchev–Trinajstić information content (AvgIpc) is 2.42. The Kier molecular flexibility index (Phi) is 5.60. The van der Waals surface area contributed by atoms with E-state index in [1.165, 1.54) is 12.8 Å². The third-order valence-electron chi connectivity index (χ3n) is 3.21. The first-order valence-corrected chi connectivity index (χ1v) is 7.66. The van der Waals surface area contributed by atoms with Crippen molar-refractivity contribution in [3.8, 4) is 0 Å². The number of nitrogens with one attached hydrogen (secondary N) is 2. The van der Waals surface area contributed by atoms with Crippen LogP contribution in [0.4, 0.5) is 5.69 Å². The number of carbonyl (C=O) groups is 1. The Hall–Kier alpha value is -0.650. The van der Waals surface area contributed by atoms with E-state index in [2.05, 4.69) is 31.5 Å². The smallest absolute Gasteiger partial charge is 0.224 e. The Balaban J connectivity index is 1.81. The number of aromatic nitrogens is 1. The zero-order valence-electron chi connectivity index (χ0n) is 10.6. The van der Waals surface area contributed by atoms with E-state index in [9.17, 15) is 4.79 Å². The van der Waals surface area contributed by atoms with E-state index in [-0.39, 0.29) is 5.91 Å². The molecule has 0 aliphatic carbocycles.